The number of Topliss-reactive ketones (excluding diaryl/α,β-unsaturated/α-hetero) is 1. The van der Waals surface area contributed by atoms with E-state index in [2.05, 4.69) is 10.2 Å². The summed E-state index contributed by atoms with van der Waals surface area (Å²) in [5, 5.41) is 11.9. The maximum absolute atomic E-state index is 12.7. The van der Waals surface area contributed by atoms with Crippen LogP contribution in [0.3, 0.4) is 0 Å². The van der Waals surface area contributed by atoms with E-state index in [1.54, 1.807) is 18.2 Å². The highest BCUT2D eigenvalue weighted by molar-refractivity contribution is 6.08. The number of carboxylic acids is 1. The third-order valence-corrected chi connectivity index (χ3v) is 4.37. The van der Waals surface area contributed by atoms with Gasteiger partial charge in [-0.05, 0) is 43.3 Å². The normalized spacial score (nSPS) is 13.9. The Balaban J connectivity index is 1.92. The Bertz CT molecular complexity index is 888. The van der Waals surface area contributed by atoms with Gasteiger partial charge < -0.3 is 20.1 Å². The van der Waals surface area contributed by atoms with Crippen LogP contribution in [0.1, 0.15) is 38.0 Å². The number of aromatic carboxylic acids is 1. The van der Waals surface area contributed by atoms with Gasteiger partial charge in [-0.2, -0.15) is 0 Å². The van der Waals surface area contributed by atoms with Gasteiger partial charge >= 0.3 is 5.97 Å². The number of ether oxygens (including phenoxy) is 1. The van der Waals surface area contributed by atoms with Gasteiger partial charge in [-0.3, -0.25) is 9.59 Å². The number of nitrogens with one attached hydrogen (secondary N) is 1. The van der Waals surface area contributed by atoms with E-state index in [1.807, 2.05) is 6.07 Å². The fraction of sp³-hybridized carbons (Fsp3) is 0.250. The van der Waals surface area contributed by atoms with Crippen molar-refractivity contribution in [1.82, 2.24) is 0 Å². The van der Waals surface area contributed by atoms with Crippen molar-refractivity contribution in [2.24, 2.45) is 0 Å². The minimum absolute atomic E-state index is 0.0357. The number of carbonyl (C=O) groups is 3. The largest absolute Gasteiger partial charge is 0.478 e. The summed E-state index contributed by atoms with van der Waals surface area (Å²) in [4.78, 5) is 37.6. The molecule has 2 aromatic carbocycles. The van der Waals surface area contributed by atoms with Crippen LogP contribution in [0.4, 0.5) is 11.4 Å². The SMILES string of the molecule is CC(=O)c1ccc(N2CCOCC2)c(NC(=O)c2cccc(C(=O)O)c2)c1. The van der Waals surface area contributed by atoms with E-state index in [0.717, 1.165) is 5.69 Å². The highest BCUT2D eigenvalue weighted by Gasteiger charge is 2.18. The first-order chi connectivity index (χ1) is 13.0. The molecule has 1 aliphatic rings. The first kappa shape index (κ1) is 18.6. The summed E-state index contributed by atoms with van der Waals surface area (Å²) in [5.74, 6) is -1.64. The number of anilines is 2. The molecular formula is C20H20N2O5. The highest BCUT2D eigenvalue weighted by Crippen LogP contribution is 2.29. The molecule has 0 atom stereocenters. The zero-order valence-corrected chi connectivity index (χ0v) is 14.9. The lowest BCUT2D eigenvalue weighted by atomic mass is 10.1. The van der Waals surface area contributed by atoms with Crippen LogP contribution < -0.4 is 10.2 Å². The molecule has 7 nitrogen and oxygen atoms in total. The zero-order valence-electron chi connectivity index (χ0n) is 14.9. The molecule has 0 saturated carbocycles. The van der Waals surface area contributed by atoms with Gasteiger partial charge in [-0.25, -0.2) is 4.79 Å². The number of ketones is 1. The van der Waals surface area contributed by atoms with Crippen LogP contribution in [-0.2, 0) is 4.74 Å². The van der Waals surface area contributed by atoms with Crippen LogP contribution in [-0.4, -0.2) is 49.1 Å². The molecule has 7 heteroatoms. The second kappa shape index (κ2) is 8.01. The molecule has 2 N–H and O–H groups in total. The molecule has 1 fully saturated rings. The number of carboxylic acid groups (broad SMARTS) is 1. The monoisotopic (exact) mass is 368 g/mol. The molecule has 1 heterocycles. The Labute approximate surface area is 156 Å². The maximum atomic E-state index is 12.7. The number of benzene rings is 2. The van der Waals surface area contributed by atoms with E-state index in [-0.39, 0.29) is 16.9 Å². The number of rotatable bonds is 5. The third-order valence-electron chi connectivity index (χ3n) is 4.37. The number of morpholine rings is 1. The van der Waals surface area contributed by atoms with E-state index in [1.165, 1.54) is 25.1 Å². The predicted octanol–water partition coefficient (Wildman–Crippen LogP) is 2.68. The molecule has 0 aliphatic carbocycles. The Morgan fingerprint density at radius 2 is 1.70 bits per heavy atom. The molecule has 0 bridgehead atoms. The van der Waals surface area contributed by atoms with Crippen LogP contribution in [0.15, 0.2) is 42.5 Å². The van der Waals surface area contributed by atoms with E-state index >= 15 is 0 Å². The number of nitrogens with zero attached hydrogens (tertiary/aromatic N) is 1. The fourth-order valence-electron chi connectivity index (χ4n) is 2.92. The predicted molar refractivity (Wildman–Crippen MR) is 101 cm³/mol. The topological polar surface area (TPSA) is 95.9 Å². The van der Waals surface area contributed by atoms with Crippen molar-refractivity contribution in [1.29, 1.82) is 0 Å². The van der Waals surface area contributed by atoms with Crippen molar-refractivity contribution in [3.05, 3.63) is 59.2 Å². The van der Waals surface area contributed by atoms with Crippen LogP contribution in [0, 0.1) is 0 Å². The van der Waals surface area contributed by atoms with Gasteiger partial charge in [-0.15, -0.1) is 0 Å². The van der Waals surface area contributed by atoms with E-state index in [0.29, 0.717) is 37.6 Å². The fourth-order valence-corrected chi connectivity index (χ4v) is 2.92. The van der Waals surface area contributed by atoms with Gasteiger partial charge in [0.1, 0.15) is 0 Å². The first-order valence-corrected chi connectivity index (χ1v) is 8.58. The van der Waals surface area contributed by atoms with Crippen molar-refractivity contribution in [2.45, 2.75) is 6.92 Å². The lowest BCUT2D eigenvalue weighted by Gasteiger charge is -2.30. The Hall–Kier alpha value is -3.19. The van der Waals surface area contributed by atoms with Gasteiger partial charge in [0.2, 0.25) is 0 Å². The summed E-state index contributed by atoms with van der Waals surface area (Å²) in [6, 6.07) is 11.0. The molecule has 2 aromatic rings. The number of hydrogen-bond donors (Lipinski definition) is 2. The van der Waals surface area contributed by atoms with Crippen molar-refractivity contribution >= 4 is 29.0 Å². The Kier molecular flexibility index (Phi) is 5.52. The molecule has 0 spiro atoms. The van der Waals surface area contributed by atoms with Gasteiger partial charge in [0, 0.05) is 24.2 Å². The van der Waals surface area contributed by atoms with E-state index in [4.69, 9.17) is 9.84 Å². The molecule has 27 heavy (non-hydrogen) atoms. The van der Waals surface area contributed by atoms with Crippen LogP contribution >= 0.6 is 0 Å². The number of amides is 1. The average molecular weight is 368 g/mol. The summed E-state index contributed by atoms with van der Waals surface area (Å²) in [6.07, 6.45) is 0. The molecular weight excluding hydrogens is 348 g/mol. The molecule has 3 rings (SSSR count). The molecule has 0 aromatic heterocycles. The van der Waals surface area contributed by atoms with Crippen molar-refractivity contribution in [3.63, 3.8) is 0 Å². The number of hydrogen-bond acceptors (Lipinski definition) is 5. The van der Waals surface area contributed by atoms with Crippen molar-refractivity contribution < 1.29 is 24.2 Å². The highest BCUT2D eigenvalue weighted by atomic mass is 16.5. The Morgan fingerprint density at radius 1 is 1.00 bits per heavy atom. The second-order valence-electron chi connectivity index (χ2n) is 6.23. The lowest BCUT2D eigenvalue weighted by Crippen LogP contribution is -2.36. The molecule has 1 saturated heterocycles. The van der Waals surface area contributed by atoms with Crippen LogP contribution in [0.25, 0.3) is 0 Å². The molecule has 140 valence electrons. The smallest absolute Gasteiger partial charge is 0.335 e. The van der Waals surface area contributed by atoms with Crippen LogP contribution in [0.2, 0.25) is 0 Å². The lowest BCUT2D eigenvalue weighted by molar-refractivity contribution is 0.0696. The van der Waals surface area contributed by atoms with E-state index in [9.17, 15) is 14.4 Å². The second-order valence-corrected chi connectivity index (χ2v) is 6.23. The van der Waals surface area contributed by atoms with Crippen LogP contribution in [0.5, 0.6) is 0 Å². The summed E-state index contributed by atoms with van der Waals surface area (Å²) >= 11 is 0. The van der Waals surface area contributed by atoms with Gasteiger partial charge in [0.25, 0.3) is 5.91 Å². The van der Waals surface area contributed by atoms with Crippen molar-refractivity contribution in [2.75, 3.05) is 36.5 Å². The molecule has 0 radical (unpaired) electrons. The van der Waals surface area contributed by atoms with Gasteiger partial charge in [0.15, 0.2) is 5.78 Å². The van der Waals surface area contributed by atoms with Gasteiger partial charge in [-0.1, -0.05) is 6.07 Å². The summed E-state index contributed by atoms with van der Waals surface area (Å²) in [5.41, 5.74) is 2.06. The summed E-state index contributed by atoms with van der Waals surface area (Å²) in [6.45, 7) is 3.99. The minimum Gasteiger partial charge on any atom is -0.478 e. The zero-order chi connectivity index (χ0) is 19.4. The third kappa shape index (κ3) is 4.32. The maximum Gasteiger partial charge on any atom is 0.335 e. The average Bonchev–Trinajstić information content (AvgIpc) is 2.68. The quantitative estimate of drug-likeness (QED) is 0.788. The number of carbonyl (C=O) groups excluding carboxylic acids is 2. The standard InChI is InChI=1S/C20H20N2O5/c1-13(23)14-5-6-18(22-7-9-27-10-8-22)17(12-14)21-19(24)15-3-2-4-16(11-15)20(25)26/h2-6,11-12H,7-10H2,1H3,(H,21,24)(H,25,26). The Morgan fingerprint density at radius 3 is 2.37 bits per heavy atom. The molecule has 0 unspecified atom stereocenters. The van der Waals surface area contributed by atoms with E-state index < -0.39 is 11.9 Å². The first-order valence-electron chi connectivity index (χ1n) is 8.58. The van der Waals surface area contributed by atoms with Crippen molar-refractivity contribution in [3.8, 4) is 0 Å². The molecule has 1 amide bonds. The summed E-state index contributed by atoms with van der Waals surface area (Å²) in [7, 11) is 0. The minimum atomic E-state index is -1.10. The molecule has 1 aliphatic heterocycles. The van der Waals surface area contributed by atoms with Gasteiger partial charge in [0.05, 0.1) is 30.2 Å². The summed E-state index contributed by atoms with van der Waals surface area (Å²) < 4.78 is 5.37.